The normalized spacial score (nSPS) is 10.9. The Kier molecular flexibility index (Phi) is 4.49. The Balaban J connectivity index is 1.86. The Bertz CT molecular complexity index is 935. The summed E-state index contributed by atoms with van der Waals surface area (Å²) in [6.07, 6.45) is 0. The van der Waals surface area contributed by atoms with Crippen molar-refractivity contribution >= 4 is 11.6 Å². The van der Waals surface area contributed by atoms with E-state index in [0.717, 1.165) is 22.8 Å². The lowest BCUT2D eigenvalue weighted by Gasteiger charge is -2.09. The second-order valence-corrected chi connectivity index (χ2v) is 6.41. The van der Waals surface area contributed by atoms with E-state index in [4.69, 9.17) is 4.42 Å². The molecule has 1 N–H and O–H groups in total. The van der Waals surface area contributed by atoms with Gasteiger partial charge in [-0.15, -0.1) is 0 Å². The first-order valence-electron chi connectivity index (χ1n) is 8.33. The molecule has 0 bridgehead atoms. The molecular weight excluding hydrogens is 314 g/mol. The molecule has 5 nitrogen and oxygen atoms in total. The average molecular weight is 337 g/mol. The quantitative estimate of drug-likeness (QED) is 0.771. The maximum Gasteiger partial charge on any atom is 0.259 e. The maximum atomic E-state index is 12.6. The molecule has 0 aliphatic rings. The molecule has 2 aromatic heterocycles. The van der Waals surface area contributed by atoms with Crippen molar-refractivity contribution in [2.75, 3.05) is 5.32 Å². The van der Waals surface area contributed by atoms with Crippen molar-refractivity contribution in [3.63, 3.8) is 0 Å². The standard InChI is InChI=1S/C20H23N3O2/c1-12-8-6-7-9-17(12)11-23-15(4)19(14(3)22-23)21-20(24)18-10-13(2)25-16(18)5/h6-10H,11H2,1-5H3,(H,21,24). The van der Waals surface area contributed by atoms with Crippen LogP contribution < -0.4 is 5.32 Å². The van der Waals surface area contributed by atoms with E-state index in [0.29, 0.717) is 17.9 Å². The Labute approximate surface area is 147 Å². The van der Waals surface area contributed by atoms with Gasteiger partial charge in [-0.3, -0.25) is 9.48 Å². The van der Waals surface area contributed by atoms with Gasteiger partial charge in [-0.05, 0) is 51.8 Å². The van der Waals surface area contributed by atoms with Gasteiger partial charge in [-0.1, -0.05) is 24.3 Å². The Morgan fingerprint density at radius 3 is 2.52 bits per heavy atom. The van der Waals surface area contributed by atoms with Gasteiger partial charge in [0.05, 0.1) is 29.2 Å². The van der Waals surface area contributed by atoms with Gasteiger partial charge in [0.15, 0.2) is 0 Å². The number of hydrogen-bond acceptors (Lipinski definition) is 3. The number of aryl methyl sites for hydroxylation is 4. The summed E-state index contributed by atoms with van der Waals surface area (Å²) in [6, 6.07) is 10.0. The van der Waals surface area contributed by atoms with Crippen LogP contribution >= 0.6 is 0 Å². The third kappa shape index (κ3) is 3.36. The number of carbonyl (C=O) groups excluding carboxylic acids is 1. The van der Waals surface area contributed by atoms with E-state index in [-0.39, 0.29) is 5.91 Å². The van der Waals surface area contributed by atoms with E-state index >= 15 is 0 Å². The van der Waals surface area contributed by atoms with Crippen molar-refractivity contribution in [2.45, 2.75) is 41.2 Å². The summed E-state index contributed by atoms with van der Waals surface area (Å²) in [7, 11) is 0. The number of amides is 1. The highest BCUT2D eigenvalue weighted by molar-refractivity contribution is 6.05. The van der Waals surface area contributed by atoms with Crippen LogP contribution in [0.4, 0.5) is 5.69 Å². The van der Waals surface area contributed by atoms with Crippen molar-refractivity contribution in [2.24, 2.45) is 0 Å². The molecular formula is C20H23N3O2. The molecule has 0 spiro atoms. The number of carbonyl (C=O) groups is 1. The number of benzene rings is 1. The average Bonchev–Trinajstić information content (AvgIpc) is 3.03. The summed E-state index contributed by atoms with van der Waals surface area (Å²) in [6.45, 7) is 10.3. The molecule has 0 unspecified atom stereocenters. The summed E-state index contributed by atoms with van der Waals surface area (Å²) in [5, 5.41) is 7.59. The van der Waals surface area contributed by atoms with E-state index in [9.17, 15) is 4.79 Å². The van der Waals surface area contributed by atoms with Crippen molar-refractivity contribution in [3.05, 3.63) is 69.9 Å². The molecule has 0 saturated carbocycles. The third-order valence-corrected chi connectivity index (χ3v) is 4.49. The fourth-order valence-electron chi connectivity index (χ4n) is 3.02. The van der Waals surface area contributed by atoms with Crippen LogP contribution in [0.15, 0.2) is 34.7 Å². The van der Waals surface area contributed by atoms with Gasteiger partial charge in [0.2, 0.25) is 0 Å². The molecule has 5 heteroatoms. The summed E-state index contributed by atoms with van der Waals surface area (Å²) < 4.78 is 7.38. The second kappa shape index (κ2) is 6.59. The summed E-state index contributed by atoms with van der Waals surface area (Å²) in [5.74, 6) is 1.18. The molecule has 0 atom stereocenters. The molecule has 130 valence electrons. The van der Waals surface area contributed by atoms with Gasteiger partial charge < -0.3 is 9.73 Å². The van der Waals surface area contributed by atoms with Crippen molar-refractivity contribution in [3.8, 4) is 0 Å². The molecule has 0 fully saturated rings. The number of anilines is 1. The highest BCUT2D eigenvalue weighted by atomic mass is 16.3. The van der Waals surface area contributed by atoms with Crippen LogP contribution in [0.1, 0.15) is 44.4 Å². The molecule has 1 aromatic carbocycles. The number of aromatic nitrogens is 2. The van der Waals surface area contributed by atoms with Crippen LogP contribution in [0, 0.1) is 34.6 Å². The van der Waals surface area contributed by atoms with Gasteiger partial charge >= 0.3 is 0 Å². The van der Waals surface area contributed by atoms with E-state index in [1.807, 2.05) is 37.6 Å². The zero-order valence-electron chi connectivity index (χ0n) is 15.3. The highest BCUT2D eigenvalue weighted by Crippen LogP contribution is 2.23. The first-order chi connectivity index (χ1) is 11.9. The third-order valence-electron chi connectivity index (χ3n) is 4.49. The Morgan fingerprint density at radius 2 is 1.88 bits per heavy atom. The minimum absolute atomic E-state index is 0.170. The van der Waals surface area contributed by atoms with Crippen LogP contribution in [0.3, 0.4) is 0 Å². The molecule has 2 heterocycles. The van der Waals surface area contributed by atoms with Crippen LogP contribution in [-0.2, 0) is 6.54 Å². The molecule has 3 aromatic rings. The molecule has 0 radical (unpaired) electrons. The van der Waals surface area contributed by atoms with Crippen LogP contribution in [0.2, 0.25) is 0 Å². The topological polar surface area (TPSA) is 60.1 Å². The fraction of sp³-hybridized carbons (Fsp3) is 0.300. The van der Waals surface area contributed by atoms with Gasteiger partial charge in [0, 0.05) is 0 Å². The van der Waals surface area contributed by atoms with E-state index in [2.05, 4.69) is 29.5 Å². The molecule has 0 aliphatic heterocycles. The predicted octanol–water partition coefficient (Wildman–Crippen LogP) is 4.32. The van der Waals surface area contributed by atoms with Crippen LogP contribution in [0.5, 0.6) is 0 Å². The number of nitrogens with one attached hydrogen (secondary N) is 1. The zero-order chi connectivity index (χ0) is 18.1. The molecule has 0 saturated heterocycles. The van der Waals surface area contributed by atoms with Crippen LogP contribution in [-0.4, -0.2) is 15.7 Å². The first-order valence-corrected chi connectivity index (χ1v) is 8.33. The SMILES string of the molecule is Cc1cc(C(=O)Nc2c(C)nn(Cc3ccccc3C)c2C)c(C)o1. The van der Waals surface area contributed by atoms with Crippen molar-refractivity contribution in [1.82, 2.24) is 9.78 Å². The van der Waals surface area contributed by atoms with E-state index < -0.39 is 0 Å². The van der Waals surface area contributed by atoms with E-state index in [1.165, 1.54) is 11.1 Å². The number of rotatable bonds is 4. The molecule has 3 rings (SSSR count). The minimum Gasteiger partial charge on any atom is -0.466 e. The van der Waals surface area contributed by atoms with Gasteiger partial charge in [0.25, 0.3) is 5.91 Å². The molecule has 25 heavy (non-hydrogen) atoms. The van der Waals surface area contributed by atoms with Gasteiger partial charge in [-0.25, -0.2) is 0 Å². The lowest BCUT2D eigenvalue weighted by Crippen LogP contribution is -2.13. The maximum absolute atomic E-state index is 12.6. The lowest BCUT2D eigenvalue weighted by atomic mass is 10.1. The highest BCUT2D eigenvalue weighted by Gasteiger charge is 2.18. The summed E-state index contributed by atoms with van der Waals surface area (Å²) in [4.78, 5) is 12.6. The largest absolute Gasteiger partial charge is 0.466 e. The van der Waals surface area contributed by atoms with Crippen molar-refractivity contribution in [1.29, 1.82) is 0 Å². The number of hydrogen-bond donors (Lipinski definition) is 1. The predicted molar refractivity (Wildman–Crippen MR) is 98.1 cm³/mol. The fourth-order valence-corrected chi connectivity index (χ4v) is 3.02. The number of nitrogens with zero attached hydrogens (tertiary/aromatic N) is 2. The van der Waals surface area contributed by atoms with Gasteiger partial charge in [-0.2, -0.15) is 5.10 Å². The summed E-state index contributed by atoms with van der Waals surface area (Å²) >= 11 is 0. The molecule has 0 aliphatic carbocycles. The first kappa shape index (κ1) is 17.0. The minimum atomic E-state index is -0.170. The Hall–Kier alpha value is -2.82. The van der Waals surface area contributed by atoms with Gasteiger partial charge in [0.1, 0.15) is 11.5 Å². The lowest BCUT2D eigenvalue weighted by molar-refractivity contribution is 0.102. The Morgan fingerprint density at radius 1 is 1.16 bits per heavy atom. The number of furan rings is 1. The van der Waals surface area contributed by atoms with Crippen LogP contribution in [0.25, 0.3) is 0 Å². The monoisotopic (exact) mass is 337 g/mol. The zero-order valence-corrected chi connectivity index (χ0v) is 15.3. The second-order valence-electron chi connectivity index (χ2n) is 6.41. The summed E-state index contributed by atoms with van der Waals surface area (Å²) in [5.41, 5.74) is 5.50. The molecule has 1 amide bonds. The van der Waals surface area contributed by atoms with Crippen molar-refractivity contribution < 1.29 is 9.21 Å². The van der Waals surface area contributed by atoms with E-state index in [1.54, 1.807) is 13.0 Å². The smallest absolute Gasteiger partial charge is 0.259 e.